The minimum absolute atomic E-state index is 0.000512. The second kappa shape index (κ2) is 37.1. The minimum atomic E-state index is -0.000512. The molecule has 0 aliphatic rings. The van der Waals surface area contributed by atoms with Gasteiger partial charge in [-0.25, -0.2) is 4.98 Å². The Morgan fingerprint density at radius 2 is 0.815 bits per heavy atom. The second-order valence-corrected chi connectivity index (χ2v) is 15.3. The van der Waals surface area contributed by atoms with Gasteiger partial charge in [-0.1, -0.05) is 168 Å². The zero-order valence-corrected chi connectivity index (χ0v) is 35.5. The fraction of sp³-hybridized carbons (Fsp3) is 0.792. The van der Waals surface area contributed by atoms with Gasteiger partial charge in [0.2, 0.25) is 0 Å². The average molecular weight is 749 g/mol. The molecule has 0 N–H and O–H groups in total. The molecule has 0 aliphatic heterocycles. The van der Waals surface area contributed by atoms with Crippen LogP contribution in [0.15, 0.2) is 12.4 Å². The van der Waals surface area contributed by atoms with E-state index in [1.54, 1.807) is 12.4 Å². The highest BCUT2D eigenvalue weighted by atomic mass is 16.5. The molecule has 0 amide bonds. The number of esters is 2. The van der Waals surface area contributed by atoms with Crippen molar-refractivity contribution in [1.29, 1.82) is 0 Å². The number of nitrogens with zero attached hydrogens (tertiary/aromatic N) is 2. The number of hydrogen-bond acceptors (Lipinski definition) is 6. The third kappa shape index (κ3) is 28.6. The van der Waals surface area contributed by atoms with Gasteiger partial charge in [0.15, 0.2) is 0 Å². The Morgan fingerprint density at radius 1 is 0.481 bits per heavy atom. The molecule has 0 aliphatic carbocycles. The predicted octanol–water partition coefficient (Wildman–Crippen LogP) is 13.3. The summed E-state index contributed by atoms with van der Waals surface area (Å²) in [4.78, 5) is 34.6. The first kappa shape index (κ1) is 49.2. The summed E-state index contributed by atoms with van der Waals surface area (Å²) in [5.74, 6) is 12.7. The molecular weight excluding hydrogens is 669 g/mol. The number of unbranched alkanes of at least 4 members (excludes halogenated alkanes) is 20. The van der Waals surface area contributed by atoms with Crippen LogP contribution >= 0.6 is 0 Å². The monoisotopic (exact) mass is 749 g/mol. The van der Waals surface area contributed by atoms with E-state index in [0.717, 1.165) is 89.9 Å². The molecule has 0 atom stereocenters. The first-order valence-electron chi connectivity index (χ1n) is 22.7. The minimum Gasteiger partial charge on any atom is -0.465 e. The summed E-state index contributed by atoms with van der Waals surface area (Å²) in [7, 11) is 0. The highest BCUT2D eigenvalue weighted by Crippen LogP contribution is 2.22. The lowest BCUT2D eigenvalue weighted by atomic mass is 9.94. The van der Waals surface area contributed by atoms with Crippen molar-refractivity contribution >= 4 is 11.9 Å². The van der Waals surface area contributed by atoms with E-state index in [9.17, 15) is 9.59 Å². The van der Waals surface area contributed by atoms with Gasteiger partial charge in [-0.05, 0) is 63.2 Å². The van der Waals surface area contributed by atoms with Crippen molar-refractivity contribution in [1.82, 2.24) is 9.97 Å². The molecule has 0 bridgehead atoms. The van der Waals surface area contributed by atoms with Crippen molar-refractivity contribution < 1.29 is 19.1 Å². The second-order valence-electron chi connectivity index (χ2n) is 15.3. The topological polar surface area (TPSA) is 78.4 Å². The molecule has 0 fully saturated rings. The molecule has 0 aromatic carbocycles. The summed E-state index contributed by atoms with van der Waals surface area (Å²) in [6, 6.07) is 0. The van der Waals surface area contributed by atoms with Crippen LogP contribution < -0.4 is 0 Å². The normalized spacial score (nSPS) is 10.9. The van der Waals surface area contributed by atoms with Crippen LogP contribution in [0, 0.1) is 35.5 Å². The Hall–Kier alpha value is -2.86. The van der Waals surface area contributed by atoms with Crippen LogP contribution in [0.5, 0.6) is 0 Å². The number of carbonyl (C=O) groups is 2. The molecule has 1 aromatic heterocycles. The highest BCUT2D eigenvalue weighted by molar-refractivity contribution is 5.72. The van der Waals surface area contributed by atoms with Gasteiger partial charge in [-0.2, -0.15) is 0 Å². The highest BCUT2D eigenvalue weighted by Gasteiger charge is 2.20. The fourth-order valence-electron chi connectivity index (χ4n) is 6.74. The van der Waals surface area contributed by atoms with Crippen molar-refractivity contribution in [3.8, 4) is 23.7 Å². The molecule has 0 saturated heterocycles. The van der Waals surface area contributed by atoms with Gasteiger partial charge < -0.3 is 9.47 Å². The summed E-state index contributed by atoms with van der Waals surface area (Å²) in [5, 5.41) is 0. The maximum absolute atomic E-state index is 12.9. The fourth-order valence-corrected chi connectivity index (χ4v) is 6.74. The van der Waals surface area contributed by atoms with E-state index >= 15 is 0 Å². The van der Waals surface area contributed by atoms with Gasteiger partial charge >= 0.3 is 11.9 Å². The first-order valence-corrected chi connectivity index (χ1v) is 22.7. The van der Waals surface area contributed by atoms with Crippen LogP contribution in [-0.2, 0) is 19.1 Å². The van der Waals surface area contributed by atoms with Crippen LogP contribution in [0.3, 0.4) is 0 Å². The van der Waals surface area contributed by atoms with Gasteiger partial charge in [-0.3, -0.25) is 14.6 Å². The van der Waals surface area contributed by atoms with Crippen LogP contribution in [0.4, 0.5) is 0 Å². The van der Waals surface area contributed by atoms with Gasteiger partial charge in [0.05, 0.1) is 37.4 Å². The van der Waals surface area contributed by atoms with E-state index in [1.807, 2.05) is 0 Å². The Kier molecular flexibility index (Phi) is 33.8. The van der Waals surface area contributed by atoms with Crippen molar-refractivity contribution in [3.63, 3.8) is 0 Å². The van der Waals surface area contributed by atoms with E-state index < -0.39 is 0 Å². The first-order chi connectivity index (χ1) is 26.5. The Labute approximate surface area is 332 Å². The van der Waals surface area contributed by atoms with Crippen molar-refractivity contribution in [2.45, 2.75) is 220 Å². The van der Waals surface area contributed by atoms with E-state index in [4.69, 9.17) is 9.47 Å². The summed E-state index contributed by atoms with van der Waals surface area (Å²) >= 11 is 0. The smallest absolute Gasteiger partial charge is 0.308 e. The lowest BCUT2D eigenvalue weighted by molar-refractivity contribution is -0.150. The number of aromatic nitrogens is 2. The standard InChI is InChI=1S/C48H80N2O4/c1-5-9-13-17-25-33-43(34-26-18-14-10-6-2)47(51)53-39-31-23-21-29-37-45-41-49-42-46(50-45)38-30-22-24-32-40-54-48(52)44(35-27-19-15-11-7-3)36-28-20-16-12-8-4/h41-44H,5-28,31-36,39-40H2,1-4H3. The number of ether oxygens (including phenoxy) is 2. The Balaban J connectivity index is 2.37. The van der Waals surface area contributed by atoms with Gasteiger partial charge in [0, 0.05) is 12.8 Å². The molecule has 0 saturated carbocycles. The van der Waals surface area contributed by atoms with Crippen LogP contribution in [0.25, 0.3) is 0 Å². The molecular formula is C48H80N2O4. The molecule has 1 aromatic rings. The molecule has 0 spiro atoms. The van der Waals surface area contributed by atoms with Crippen molar-refractivity contribution in [2.24, 2.45) is 11.8 Å². The van der Waals surface area contributed by atoms with Crippen LogP contribution in [-0.4, -0.2) is 35.1 Å². The molecule has 1 rings (SSSR count). The number of carbonyl (C=O) groups excluding carboxylic acids is 2. The predicted molar refractivity (Wildman–Crippen MR) is 226 cm³/mol. The zero-order chi connectivity index (χ0) is 39.2. The van der Waals surface area contributed by atoms with E-state index in [-0.39, 0.29) is 23.8 Å². The maximum atomic E-state index is 12.9. The molecule has 6 heteroatoms. The summed E-state index contributed by atoms with van der Waals surface area (Å²) in [6.07, 6.45) is 36.5. The SMILES string of the molecule is CCCCCCCC(CCCCCCC)C(=O)OCCCCC#Cc1cncc(C#CCCCCOC(=O)C(CCCCCCC)CCCCCCC)n1. The zero-order valence-electron chi connectivity index (χ0n) is 35.5. The van der Waals surface area contributed by atoms with Gasteiger partial charge in [0.25, 0.3) is 0 Å². The molecule has 0 radical (unpaired) electrons. The van der Waals surface area contributed by atoms with Crippen molar-refractivity contribution in [2.75, 3.05) is 13.2 Å². The van der Waals surface area contributed by atoms with E-state index in [1.165, 1.54) is 103 Å². The molecule has 306 valence electrons. The summed E-state index contributed by atoms with van der Waals surface area (Å²) in [6.45, 7) is 9.87. The van der Waals surface area contributed by atoms with E-state index in [0.29, 0.717) is 24.6 Å². The summed E-state index contributed by atoms with van der Waals surface area (Å²) < 4.78 is 11.5. The third-order valence-electron chi connectivity index (χ3n) is 10.2. The van der Waals surface area contributed by atoms with Crippen LogP contribution in [0.1, 0.15) is 232 Å². The summed E-state index contributed by atoms with van der Waals surface area (Å²) in [5.41, 5.74) is 1.23. The maximum Gasteiger partial charge on any atom is 0.308 e. The quantitative estimate of drug-likeness (QED) is 0.0397. The van der Waals surface area contributed by atoms with Gasteiger partial charge in [-0.15, -0.1) is 0 Å². The third-order valence-corrected chi connectivity index (χ3v) is 10.2. The number of hydrogen-bond donors (Lipinski definition) is 0. The molecule has 1 heterocycles. The Bertz CT molecular complexity index is 1060. The number of rotatable bonds is 34. The largest absolute Gasteiger partial charge is 0.465 e. The average Bonchev–Trinajstić information content (AvgIpc) is 3.18. The van der Waals surface area contributed by atoms with E-state index in [2.05, 4.69) is 61.3 Å². The van der Waals surface area contributed by atoms with Crippen molar-refractivity contribution in [3.05, 3.63) is 23.8 Å². The lowest BCUT2D eigenvalue weighted by Crippen LogP contribution is -2.18. The molecule has 0 unspecified atom stereocenters. The lowest BCUT2D eigenvalue weighted by Gasteiger charge is -2.16. The Morgan fingerprint density at radius 3 is 1.15 bits per heavy atom. The molecule has 6 nitrogen and oxygen atoms in total. The molecule has 54 heavy (non-hydrogen) atoms. The van der Waals surface area contributed by atoms with Crippen LogP contribution in [0.2, 0.25) is 0 Å². The van der Waals surface area contributed by atoms with Gasteiger partial charge in [0.1, 0.15) is 11.4 Å².